The SMILES string of the molecule is N#Cc1ccc(OCc2cc(F)cc(C#CCO)c2)cc1. The molecule has 0 saturated carbocycles. The summed E-state index contributed by atoms with van der Waals surface area (Å²) in [5.74, 6) is 5.32. The molecule has 0 radical (unpaired) electrons. The Morgan fingerprint density at radius 3 is 2.52 bits per heavy atom. The van der Waals surface area contributed by atoms with E-state index in [1.54, 1.807) is 30.3 Å². The molecule has 2 aromatic rings. The highest BCUT2D eigenvalue weighted by Gasteiger charge is 2.01. The van der Waals surface area contributed by atoms with Crippen LogP contribution >= 0.6 is 0 Å². The van der Waals surface area contributed by atoms with E-state index in [1.165, 1.54) is 12.1 Å². The molecule has 0 unspecified atom stereocenters. The summed E-state index contributed by atoms with van der Waals surface area (Å²) >= 11 is 0. The van der Waals surface area contributed by atoms with Gasteiger partial charge in [-0.3, -0.25) is 0 Å². The van der Waals surface area contributed by atoms with E-state index in [1.807, 2.05) is 6.07 Å². The topological polar surface area (TPSA) is 53.2 Å². The highest BCUT2D eigenvalue weighted by molar-refractivity contribution is 5.38. The third kappa shape index (κ3) is 4.35. The van der Waals surface area contributed by atoms with Gasteiger partial charge in [0.15, 0.2) is 0 Å². The van der Waals surface area contributed by atoms with E-state index in [0.29, 0.717) is 22.4 Å². The van der Waals surface area contributed by atoms with Crippen molar-refractivity contribution in [2.45, 2.75) is 6.61 Å². The normalized spacial score (nSPS) is 9.38. The third-order valence-electron chi connectivity index (χ3n) is 2.66. The predicted octanol–water partition coefficient (Wildman–Crippen LogP) is 2.62. The number of halogens is 1. The van der Waals surface area contributed by atoms with Gasteiger partial charge in [-0.25, -0.2) is 4.39 Å². The van der Waals surface area contributed by atoms with Gasteiger partial charge in [0.05, 0.1) is 11.6 Å². The molecule has 0 fully saturated rings. The van der Waals surface area contributed by atoms with Crippen molar-refractivity contribution in [1.29, 1.82) is 5.26 Å². The van der Waals surface area contributed by atoms with E-state index >= 15 is 0 Å². The summed E-state index contributed by atoms with van der Waals surface area (Å²) < 4.78 is 19.0. The van der Waals surface area contributed by atoms with Crippen molar-refractivity contribution in [3.63, 3.8) is 0 Å². The van der Waals surface area contributed by atoms with E-state index in [4.69, 9.17) is 15.1 Å². The van der Waals surface area contributed by atoms with Crippen molar-refractivity contribution in [1.82, 2.24) is 0 Å². The van der Waals surface area contributed by atoms with Crippen molar-refractivity contribution in [3.05, 3.63) is 65.0 Å². The first-order chi connectivity index (χ1) is 10.2. The molecule has 0 aliphatic heterocycles. The highest BCUT2D eigenvalue weighted by Crippen LogP contribution is 2.15. The third-order valence-corrected chi connectivity index (χ3v) is 2.66. The van der Waals surface area contributed by atoms with Crippen LogP contribution in [0.2, 0.25) is 0 Å². The van der Waals surface area contributed by atoms with Gasteiger partial charge in [-0.1, -0.05) is 11.8 Å². The van der Waals surface area contributed by atoms with Crippen molar-refractivity contribution in [2.75, 3.05) is 6.61 Å². The van der Waals surface area contributed by atoms with Crippen molar-refractivity contribution >= 4 is 0 Å². The van der Waals surface area contributed by atoms with Crippen molar-refractivity contribution < 1.29 is 14.2 Å². The molecule has 0 atom stereocenters. The second-order valence-corrected chi connectivity index (χ2v) is 4.23. The lowest BCUT2D eigenvalue weighted by Crippen LogP contribution is -1.97. The minimum Gasteiger partial charge on any atom is -0.489 e. The first-order valence-corrected chi connectivity index (χ1v) is 6.23. The second-order valence-electron chi connectivity index (χ2n) is 4.23. The number of aliphatic hydroxyl groups excluding tert-OH is 1. The number of rotatable bonds is 3. The number of nitrogens with zero attached hydrogens (tertiary/aromatic N) is 1. The van der Waals surface area contributed by atoms with E-state index in [-0.39, 0.29) is 13.2 Å². The van der Waals surface area contributed by atoms with Gasteiger partial charge in [-0.2, -0.15) is 5.26 Å². The molecule has 0 heterocycles. The maximum atomic E-state index is 13.5. The molecule has 1 N–H and O–H groups in total. The Hall–Kier alpha value is -2.82. The number of nitriles is 1. The lowest BCUT2D eigenvalue weighted by atomic mass is 10.1. The summed E-state index contributed by atoms with van der Waals surface area (Å²) in [7, 11) is 0. The Kier molecular flexibility index (Phi) is 4.93. The smallest absolute Gasteiger partial charge is 0.124 e. The molecule has 4 heteroatoms. The van der Waals surface area contributed by atoms with Gasteiger partial charge < -0.3 is 9.84 Å². The predicted molar refractivity (Wildman–Crippen MR) is 75.9 cm³/mol. The fourth-order valence-electron chi connectivity index (χ4n) is 1.74. The number of ether oxygens (including phenoxy) is 1. The lowest BCUT2D eigenvalue weighted by Gasteiger charge is -2.07. The van der Waals surface area contributed by atoms with Crippen LogP contribution < -0.4 is 4.74 Å². The van der Waals surface area contributed by atoms with Gasteiger partial charge in [-0.15, -0.1) is 0 Å². The Morgan fingerprint density at radius 1 is 1.10 bits per heavy atom. The van der Waals surface area contributed by atoms with Gasteiger partial charge in [0, 0.05) is 5.56 Å². The molecule has 0 aromatic heterocycles. The fraction of sp³-hybridized carbons (Fsp3) is 0.118. The number of aliphatic hydroxyl groups is 1. The largest absolute Gasteiger partial charge is 0.489 e. The average molecular weight is 281 g/mol. The molecule has 21 heavy (non-hydrogen) atoms. The first-order valence-electron chi connectivity index (χ1n) is 6.23. The monoisotopic (exact) mass is 281 g/mol. The molecular weight excluding hydrogens is 269 g/mol. The summed E-state index contributed by atoms with van der Waals surface area (Å²) in [5, 5.41) is 17.4. The van der Waals surface area contributed by atoms with E-state index < -0.39 is 5.82 Å². The van der Waals surface area contributed by atoms with Gasteiger partial charge in [0.2, 0.25) is 0 Å². The molecule has 0 saturated heterocycles. The Balaban J connectivity index is 2.08. The summed E-state index contributed by atoms with van der Waals surface area (Å²) in [5.41, 5.74) is 1.68. The van der Waals surface area contributed by atoms with Crippen LogP contribution in [0.3, 0.4) is 0 Å². The quantitative estimate of drug-likeness (QED) is 0.880. The zero-order valence-electron chi connectivity index (χ0n) is 11.1. The minimum absolute atomic E-state index is 0.192. The summed E-state index contributed by atoms with van der Waals surface area (Å²) in [6, 6.07) is 13.1. The molecule has 0 bridgehead atoms. The second kappa shape index (κ2) is 7.09. The summed E-state index contributed by atoms with van der Waals surface area (Å²) in [6.45, 7) is -0.0783. The zero-order chi connectivity index (χ0) is 15.1. The van der Waals surface area contributed by atoms with Crippen LogP contribution in [0.4, 0.5) is 4.39 Å². The Bertz CT molecular complexity index is 721. The molecule has 2 rings (SSSR count). The van der Waals surface area contributed by atoms with Gasteiger partial charge in [0.25, 0.3) is 0 Å². The van der Waals surface area contributed by atoms with Crippen molar-refractivity contribution in [3.8, 4) is 23.7 Å². The maximum Gasteiger partial charge on any atom is 0.124 e. The average Bonchev–Trinajstić information content (AvgIpc) is 2.51. The number of hydrogen-bond acceptors (Lipinski definition) is 3. The molecule has 0 aliphatic carbocycles. The van der Waals surface area contributed by atoms with Crippen LogP contribution in [0, 0.1) is 29.0 Å². The molecule has 0 spiro atoms. The summed E-state index contributed by atoms with van der Waals surface area (Å²) in [6.07, 6.45) is 0. The standard InChI is InChI=1S/C17H12FNO2/c18-16-9-14(2-1-7-20)8-15(10-16)12-21-17-5-3-13(11-19)4-6-17/h3-6,8-10,20H,7,12H2. The van der Waals surface area contributed by atoms with E-state index in [0.717, 1.165) is 0 Å². The number of benzene rings is 2. The summed E-state index contributed by atoms with van der Waals surface area (Å²) in [4.78, 5) is 0. The van der Waals surface area contributed by atoms with E-state index in [2.05, 4.69) is 11.8 Å². The van der Waals surface area contributed by atoms with E-state index in [9.17, 15) is 4.39 Å². The Labute approximate surface area is 122 Å². The molecular formula is C17H12FNO2. The number of hydrogen-bond donors (Lipinski definition) is 1. The van der Waals surface area contributed by atoms with Crippen LogP contribution in [0.5, 0.6) is 5.75 Å². The molecule has 3 nitrogen and oxygen atoms in total. The minimum atomic E-state index is -0.404. The molecule has 104 valence electrons. The van der Waals surface area contributed by atoms with Crippen LogP contribution in [0.1, 0.15) is 16.7 Å². The van der Waals surface area contributed by atoms with Crippen LogP contribution in [-0.2, 0) is 6.61 Å². The fourth-order valence-corrected chi connectivity index (χ4v) is 1.74. The van der Waals surface area contributed by atoms with Crippen LogP contribution in [0.15, 0.2) is 42.5 Å². The highest BCUT2D eigenvalue weighted by atomic mass is 19.1. The van der Waals surface area contributed by atoms with Gasteiger partial charge in [-0.05, 0) is 48.0 Å². The molecule has 0 aliphatic rings. The molecule has 0 amide bonds. The zero-order valence-corrected chi connectivity index (χ0v) is 11.1. The van der Waals surface area contributed by atoms with Gasteiger partial charge in [0.1, 0.15) is 24.8 Å². The van der Waals surface area contributed by atoms with Crippen molar-refractivity contribution in [2.24, 2.45) is 0 Å². The lowest BCUT2D eigenvalue weighted by molar-refractivity contribution is 0.305. The van der Waals surface area contributed by atoms with Crippen LogP contribution in [-0.4, -0.2) is 11.7 Å². The maximum absolute atomic E-state index is 13.5. The van der Waals surface area contributed by atoms with Gasteiger partial charge >= 0.3 is 0 Å². The van der Waals surface area contributed by atoms with Crippen LogP contribution in [0.25, 0.3) is 0 Å². The molecule has 2 aromatic carbocycles. The first kappa shape index (κ1) is 14.6. The Morgan fingerprint density at radius 2 is 1.86 bits per heavy atom.